The van der Waals surface area contributed by atoms with E-state index in [0.29, 0.717) is 25.7 Å². The molecule has 0 heterocycles. The standard InChI is InChI=1S/C9H14F3NO2/c1-13(6-9(10,11)12)8(7(14)15)4-2-3-5-8/h2-6H2,1H3,(H,14,15). The van der Waals surface area contributed by atoms with Crippen molar-refractivity contribution < 1.29 is 23.1 Å². The van der Waals surface area contributed by atoms with Crippen LogP contribution in [0.4, 0.5) is 13.2 Å². The van der Waals surface area contributed by atoms with Gasteiger partial charge in [0.25, 0.3) is 0 Å². The third kappa shape index (κ3) is 2.62. The molecule has 0 unspecified atom stereocenters. The lowest BCUT2D eigenvalue weighted by molar-refractivity contribution is -0.169. The number of carboxylic acids is 1. The summed E-state index contributed by atoms with van der Waals surface area (Å²) in [6.45, 7) is -1.17. The molecule has 0 spiro atoms. The fraction of sp³-hybridized carbons (Fsp3) is 0.889. The topological polar surface area (TPSA) is 40.5 Å². The normalized spacial score (nSPS) is 20.9. The maximum Gasteiger partial charge on any atom is 0.401 e. The second kappa shape index (κ2) is 4.00. The van der Waals surface area contributed by atoms with E-state index >= 15 is 0 Å². The molecule has 0 bridgehead atoms. The average Bonchev–Trinajstić information content (AvgIpc) is 2.48. The first-order chi connectivity index (χ1) is 6.78. The fourth-order valence-electron chi connectivity index (χ4n) is 2.14. The van der Waals surface area contributed by atoms with Crippen molar-refractivity contribution in [3.05, 3.63) is 0 Å². The quantitative estimate of drug-likeness (QED) is 0.797. The predicted octanol–water partition coefficient (Wildman–Crippen LogP) is 1.88. The highest BCUT2D eigenvalue weighted by atomic mass is 19.4. The molecule has 1 fully saturated rings. The number of halogens is 3. The van der Waals surface area contributed by atoms with Crippen molar-refractivity contribution in [1.82, 2.24) is 4.90 Å². The van der Waals surface area contributed by atoms with Crippen LogP contribution in [0.5, 0.6) is 0 Å². The zero-order chi connectivity index (χ0) is 11.7. The molecule has 1 saturated carbocycles. The molecular formula is C9H14F3NO2. The Balaban J connectivity index is 2.77. The van der Waals surface area contributed by atoms with Crippen LogP contribution in [0.3, 0.4) is 0 Å². The molecule has 1 N–H and O–H groups in total. The van der Waals surface area contributed by atoms with E-state index in [1.54, 1.807) is 0 Å². The van der Waals surface area contributed by atoms with Gasteiger partial charge < -0.3 is 5.11 Å². The summed E-state index contributed by atoms with van der Waals surface area (Å²) >= 11 is 0. The molecule has 0 aromatic rings. The SMILES string of the molecule is CN(CC(F)(F)F)C1(C(=O)O)CCCC1. The van der Waals surface area contributed by atoms with Crippen molar-refractivity contribution in [2.24, 2.45) is 0 Å². The lowest BCUT2D eigenvalue weighted by Gasteiger charge is -2.35. The second-order valence-electron chi connectivity index (χ2n) is 4.02. The number of alkyl halides is 3. The van der Waals surface area contributed by atoms with Crippen LogP contribution in [0.2, 0.25) is 0 Å². The molecule has 0 aliphatic heterocycles. The van der Waals surface area contributed by atoms with Gasteiger partial charge in [0.15, 0.2) is 0 Å². The summed E-state index contributed by atoms with van der Waals surface area (Å²) in [6, 6.07) is 0. The Morgan fingerprint density at radius 1 is 1.40 bits per heavy atom. The summed E-state index contributed by atoms with van der Waals surface area (Å²) in [5, 5.41) is 9.02. The third-order valence-corrected chi connectivity index (χ3v) is 2.98. The molecule has 0 aromatic carbocycles. The van der Waals surface area contributed by atoms with E-state index in [1.165, 1.54) is 7.05 Å². The zero-order valence-corrected chi connectivity index (χ0v) is 8.47. The molecule has 0 radical (unpaired) electrons. The fourth-order valence-corrected chi connectivity index (χ4v) is 2.14. The van der Waals surface area contributed by atoms with Gasteiger partial charge in [-0.2, -0.15) is 13.2 Å². The molecule has 6 heteroatoms. The van der Waals surface area contributed by atoms with Gasteiger partial charge in [0.1, 0.15) is 5.54 Å². The number of hydrogen-bond donors (Lipinski definition) is 1. The number of hydrogen-bond acceptors (Lipinski definition) is 2. The van der Waals surface area contributed by atoms with Crippen LogP contribution in [0.25, 0.3) is 0 Å². The molecule has 0 atom stereocenters. The first kappa shape index (κ1) is 12.3. The van der Waals surface area contributed by atoms with Crippen LogP contribution in [-0.2, 0) is 4.79 Å². The van der Waals surface area contributed by atoms with E-state index < -0.39 is 24.2 Å². The van der Waals surface area contributed by atoms with Crippen molar-refractivity contribution >= 4 is 5.97 Å². The minimum atomic E-state index is -4.35. The molecule has 0 amide bonds. The van der Waals surface area contributed by atoms with E-state index in [0.717, 1.165) is 4.90 Å². The Bertz CT molecular complexity index is 246. The largest absolute Gasteiger partial charge is 0.480 e. The van der Waals surface area contributed by atoms with E-state index in [9.17, 15) is 18.0 Å². The molecule has 0 saturated heterocycles. The molecule has 1 aliphatic rings. The van der Waals surface area contributed by atoms with Crippen molar-refractivity contribution in [3.63, 3.8) is 0 Å². The molecule has 0 aromatic heterocycles. The van der Waals surface area contributed by atoms with Crippen LogP contribution in [0.1, 0.15) is 25.7 Å². The molecular weight excluding hydrogens is 211 g/mol. The van der Waals surface area contributed by atoms with Gasteiger partial charge in [0.2, 0.25) is 0 Å². The third-order valence-electron chi connectivity index (χ3n) is 2.98. The highest BCUT2D eigenvalue weighted by Crippen LogP contribution is 2.36. The smallest absolute Gasteiger partial charge is 0.401 e. The summed E-state index contributed by atoms with van der Waals surface area (Å²) in [5.74, 6) is -1.15. The van der Waals surface area contributed by atoms with Gasteiger partial charge in [-0.1, -0.05) is 12.8 Å². The number of aliphatic carboxylic acids is 1. The first-order valence-corrected chi connectivity index (χ1v) is 4.79. The zero-order valence-electron chi connectivity index (χ0n) is 8.47. The van der Waals surface area contributed by atoms with Gasteiger partial charge in [-0.05, 0) is 19.9 Å². The minimum Gasteiger partial charge on any atom is -0.480 e. The van der Waals surface area contributed by atoms with Crippen molar-refractivity contribution in [1.29, 1.82) is 0 Å². The maximum atomic E-state index is 12.2. The van der Waals surface area contributed by atoms with E-state index in [2.05, 4.69) is 0 Å². The van der Waals surface area contributed by atoms with Gasteiger partial charge in [-0.25, -0.2) is 0 Å². The predicted molar refractivity (Wildman–Crippen MR) is 47.5 cm³/mol. The molecule has 3 nitrogen and oxygen atoms in total. The van der Waals surface area contributed by atoms with Gasteiger partial charge in [-0.3, -0.25) is 9.69 Å². The lowest BCUT2D eigenvalue weighted by atomic mass is 9.96. The maximum absolute atomic E-state index is 12.2. The molecule has 1 rings (SSSR count). The van der Waals surface area contributed by atoms with Gasteiger partial charge in [0, 0.05) is 0 Å². The van der Waals surface area contributed by atoms with E-state index in [1.807, 2.05) is 0 Å². The highest BCUT2D eigenvalue weighted by Gasteiger charge is 2.47. The van der Waals surface area contributed by atoms with E-state index in [4.69, 9.17) is 5.11 Å². The Hall–Kier alpha value is -0.780. The van der Waals surface area contributed by atoms with Gasteiger partial charge in [0.05, 0.1) is 6.54 Å². The van der Waals surface area contributed by atoms with Crippen LogP contribution < -0.4 is 0 Å². The summed E-state index contributed by atoms with van der Waals surface area (Å²) < 4.78 is 36.5. The average molecular weight is 225 g/mol. The Labute approximate surface area is 85.9 Å². The summed E-state index contributed by atoms with van der Waals surface area (Å²) in [6.07, 6.45) is -2.40. The minimum absolute atomic E-state index is 0.301. The van der Waals surface area contributed by atoms with Gasteiger partial charge >= 0.3 is 12.1 Å². The second-order valence-corrected chi connectivity index (χ2v) is 4.02. The highest BCUT2D eigenvalue weighted by molar-refractivity contribution is 5.79. The number of rotatable bonds is 3. The Morgan fingerprint density at radius 3 is 2.20 bits per heavy atom. The van der Waals surface area contributed by atoms with Crippen LogP contribution in [-0.4, -0.2) is 41.3 Å². The van der Waals surface area contributed by atoms with Crippen molar-refractivity contribution in [2.45, 2.75) is 37.4 Å². The summed E-state index contributed by atoms with van der Waals surface area (Å²) in [4.78, 5) is 12.0. The number of carboxylic acid groups (broad SMARTS) is 1. The van der Waals surface area contributed by atoms with Crippen molar-refractivity contribution in [3.8, 4) is 0 Å². The molecule has 15 heavy (non-hydrogen) atoms. The van der Waals surface area contributed by atoms with Crippen LogP contribution in [0.15, 0.2) is 0 Å². The lowest BCUT2D eigenvalue weighted by Crippen LogP contribution is -2.53. The Kier molecular flexibility index (Phi) is 3.28. The van der Waals surface area contributed by atoms with Crippen LogP contribution in [0, 0.1) is 0 Å². The monoisotopic (exact) mass is 225 g/mol. The first-order valence-electron chi connectivity index (χ1n) is 4.79. The summed E-state index contributed by atoms with van der Waals surface area (Å²) in [7, 11) is 1.23. The van der Waals surface area contributed by atoms with E-state index in [-0.39, 0.29) is 0 Å². The number of nitrogens with zero attached hydrogens (tertiary/aromatic N) is 1. The van der Waals surface area contributed by atoms with Gasteiger partial charge in [-0.15, -0.1) is 0 Å². The molecule has 88 valence electrons. The van der Waals surface area contributed by atoms with Crippen LogP contribution >= 0.6 is 0 Å². The van der Waals surface area contributed by atoms with Crippen molar-refractivity contribution in [2.75, 3.05) is 13.6 Å². The molecule has 1 aliphatic carbocycles. The number of carbonyl (C=O) groups is 1. The number of likely N-dealkylation sites (N-methyl/N-ethyl adjacent to an activating group) is 1. The summed E-state index contributed by atoms with van der Waals surface area (Å²) in [5.41, 5.74) is -1.31. The Morgan fingerprint density at radius 2 is 1.87 bits per heavy atom.